The highest BCUT2D eigenvalue weighted by Crippen LogP contribution is 2.30. The summed E-state index contributed by atoms with van der Waals surface area (Å²) in [5.74, 6) is 1.06. The van der Waals surface area contributed by atoms with Crippen LogP contribution in [0.4, 0.5) is 0 Å². The van der Waals surface area contributed by atoms with Gasteiger partial charge < -0.3 is 0 Å². The highest BCUT2D eigenvalue weighted by Gasteiger charge is 2.33. The molecule has 0 amide bonds. The van der Waals surface area contributed by atoms with Crippen molar-refractivity contribution in [2.45, 2.75) is 96.7 Å². The fraction of sp³-hybridized carbons (Fsp3) is 0.950. The zero-order chi connectivity index (χ0) is 18.6. The molecule has 0 radical (unpaired) electrons. The first kappa shape index (κ1) is 19.7. The van der Waals surface area contributed by atoms with Gasteiger partial charge in [-0.3, -0.25) is 9.80 Å². The first-order valence-corrected chi connectivity index (χ1v) is 10.8. The summed E-state index contributed by atoms with van der Waals surface area (Å²) in [6, 6.07) is 1.18. The van der Waals surface area contributed by atoms with Gasteiger partial charge in [0.05, 0.1) is 11.6 Å². The maximum absolute atomic E-state index is 4.48. The Bertz CT molecular complexity index is 540. The topological polar surface area (TPSA) is 50.1 Å². The second-order valence-electron chi connectivity index (χ2n) is 8.78. The Kier molecular flexibility index (Phi) is 6.67. The van der Waals surface area contributed by atoms with Gasteiger partial charge in [0.2, 0.25) is 0 Å². The standard InChI is InChI=1S/C20H38N6/c1-5-10-18(19-21-22-23-26(19)20(3,4)6-2)25-15-13-24(14-16-25)17-11-8-7-9-12-17/h17-18H,5-16H2,1-4H3. The average Bonchev–Trinajstić information content (AvgIpc) is 3.17. The molecule has 6 heteroatoms. The molecule has 1 aliphatic carbocycles. The van der Waals surface area contributed by atoms with E-state index in [1.807, 2.05) is 0 Å². The minimum Gasteiger partial charge on any atom is -0.298 e. The lowest BCUT2D eigenvalue weighted by Crippen LogP contribution is -2.52. The van der Waals surface area contributed by atoms with Crippen molar-refractivity contribution in [3.8, 4) is 0 Å². The SMILES string of the molecule is CCCC(c1nnnn1C(C)(C)CC)N1CCN(C2CCCCC2)CC1. The summed E-state index contributed by atoms with van der Waals surface area (Å²) >= 11 is 0. The quantitative estimate of drug-likeness (QED) is 0.741. The Labute approximate surface area is 159 Å². The van der Waals surface area contributed by atoms with Crippen molar-refractivity contribution in [1.29, 1.82) is 0 Å². The molecule has 1 saturated carbocycles. The monoisotopic (exact) mass is 362 g/mol. The lowest BCUT2D eigenvalue weighted by atomic mass is 9.93. The molecule has 0 N–H and O–H groups in total. The molecule has 1 aliphatic heterocycles. The largest absolute Gasteiger partial charge is 0.298 e. The molecule has 1 saturated heterocycles. The van der Waals surface area contributed by atoms with Crippen molar-refractivity contribution in [3.63, 3.8) is 0 Å². The van der Waals surface area contributed by atoms with Crippen LogP contribution in [-0.2, 0) is 5.54 Å². The molecule has 2 fully saturated rings. The Morgan fingerprint density at radius 2 is 1.73 bits per heavy atom. The van der Waals surface area contributed by atoms with Gasteiger partial charge in [0.15, 0.2) is 5.82 Å². The van der Waals surface area contributed by atoms with E-state index in [-0.39, 0.29) is 5.54 Å². The molecule has 1 unspecified atom stereocenters. The normalized spacial score (nSPS) is 22.6. The summed E-state index contributed by atoms with van der Waals surface area (Å²) < 4.78 is 2.08. The molecule has 1 atom stereocenters. The number of piperazine rings is 1. The minimum atomic E-state index is -0.0330. The highest BCUT2D eigenvalue weighted by atomic mass is 15.6. The molecule has 2 aliphatic rings. The smallest absolute Gasteiger partial charge is 0.168 e. The maximum atomic E-state index is 4.48. The van der Waals surface area contributed by atoms with Crippen molar-refractivity contribution in [2.75, 3.05) is 26.2 Å². The van der Waals surface area contributed by atoms with Crippen molar-refractivity contribution < 1.29 is 0 Å². The Hall–Kier alpha value is -1.01. The van der Waals surface area contributed by atoms with Crippen LogP contribution in [0.5, 0.6) is 0 Å². The highest BCUT2D eigenvalue weighted by molar-refractivity contribution is 4.99. The van der Waals surface area contributed by atoms with Gasteiger partial charge >= 0.3 is 0 Å². The third-order valence-electron chi connectivity index (χ3n) is 6.67. The summed E-state index contributed by atoms with van der Waals surface area (Å²) in [5, 5.41) is 12.9. The van der Waals surface area contributed by atoms with Crippen molar-refractivity contribution in [2.24, 2.45) is 0 Å². The zero-order valence-electron chi connectivity index (χ0n) is 17.3. The maximum Gasteiger partial charge on any atom is 0.168 e. The molecule has 3 rings (SSSR count). The molecule has 1 aromatic rings. The molecular formula is C20H38N6. The van der Waals surface area contributed by atoms with E-state index < -0.39 is 0 Å². The second kappa shape index (κ2) is 8.79. The van der Waals surface area contributed by atoms with E-state index in [0.29, 0.717) is 6.04 Å². The van der Waals surface area contributed by atoms with Crippen LogP contribution >= 0.6 is 0 Å². The predicted molar refractivity (Wildman–Crippen MR) is 105 cm³/mol. The predicted octanol–water partition coefficient (Wildman–Crippen LogP) is 3.61. The molecule has 6 nitrogen and oxygen atoms in total. The third kappa shape index (κ3) is 4.28. The number of hydrogen-bond acceptors (Lipinski definition) is 5. The Morgan fingerprint density at radius 3 is 2.35 bits per heavy atom. The second-order valence-corrected chi connectivity index (χ2v) is 8.78. The molecule has 2 heterocycles. The van der Waals surface area contributed by atoms with E-state index in [4.69, 9.17) is 0 Å². The summed E-state index contributed by atoms with van der Waals surface area (Å²) in [6.07, 6.45) is 10.4. The van der Waals surface area contributed by atoms with Crippen LogP contribution < -0.4 is 0 Å². The van der Waals surface area contributed by atoms with Crippen LogP contribution in [0.1, 0.15) is 90.9 Å². The van der Waals surface area contributed by atoms with E-state index in [9.17, 15) is 0 Å². The van der Waals surface area contributed by atoms with Gasteiger partial charge in [0, 0.05) is 32.2 Å². The third-order valence-corrected chi connectivity index (χ3v) is 6.67. The zero-order valence-corrected chi connectivity index (χ0v) is 17.3. The van der Waals surface area contributed by atoms with Gasteiger partial charge in [0.1, 0.15) is 0 Å². The molecule has 148 valence electrons. The van der Waals surface area contributed by atoms with Crippen molar-refractivity contribution in [3.05, 3.63) is 5.82 Å². The molecular weight excluding hydrogens is 324 g/mol. The average molecular weight is 363 g/mol. The van der Waals surface area contributed by atoms with Crippen LogP contribution in [0.25, 0.3) is 0 Å². The Morgan fingerprint density at radius 1 is 1.04 bits per heavy atom. The first-order valence-electron chi connectivity index (χ1n) is 10.8. The summed E-state index contributed by atoms with van der Waals surface area (Å²) in [5.41, 5.74) is -0.0330. The lowest BCUT2D eigenvalue weighted by Gasteiger charge is -2.43. The fourth-order valence-electron chi connectivity index (χ4n) is 4.59. The van der Waals surface area contributed by atoms with Crippen molar-refractivity contribution in [1.82, 2.24) is 30.0 Å². The molecule has 0 aromatic carbocycles. The number of nitrogens with zero attached hydrogens (tertiary/aromatic N) is 6. The van der Waals surface area contributed by atoms with Gasteiger partial charge in [-0.2, -0.15) is 0 Å². The van der Waals surface area contributed by atoms with E-state index in [2.05, 4.69) is 57.7 Å². The number of rotatable bonds is 7. The van der Waals surface area contributed by atoms with Crippen molar-refractivity contribution >= 4 is 0 Å². The molecule has 26 heavy (non-hydrogen) atoms. The van der Waals surface area contributed by atoms with Gasteiger partial charge in [-0.05, 0) is 50.0 Å². The lowest BCUT2D eigenvalue weighted by molar-refractivity contribution is 0.0483. The van der Waals surface area contributed by atoms with E-state index in [1.54, 1.807) is 0 Å². The van der Waals surface area contributed by atoms with E-state index in [1.165, 1.54) is 45.2 Å². The summed E-state index contributed by atoms with van der Waals surface area (Å²) in [4.78, 5) is 5.38. The van der Waals surface area contributed by atoms with Crippen LogP contribution in [-0.4, -0.2) is 62.2 Å². The molecule has 0 bridgehead atoms. The number of tetrazole rings is 1. The summed E-state index contributed by atoms with van der Waals surface area (Å²) in [6.45, 7) is 13.6. The minimum absolute atomic E-state index is 0.0330. The van der Waals surface area contributed by atoms with Crippen LogP contribution in [0.2, 0.25) is 0 Å². The summed E-state index contributed by atoms with van der Waals surface area (Å²) in [7, 11) is 0. The Balaban J connectivity index is 1.69. The number of aromatic nitrogens is 4. The fourth-order valence-corrected chi connectivity index (χ4v) is 4.59. The van der Waals surface area contributed by atoms with Gasteiger partial charge in [0.25, 0.3) is 0 Å². The van der Waals surface area contributed by atoms with E-state index in [0.717, 1.165) is 44.2 Å². The molecule has 1 aromatic heterocycles. The van der Waals surface area contributed by atoms with E-state index >= 15 is 0 Å². The van der Waals surface area contributed by atoms with Crippen LogP contribution in [0.15, 0.2) is 0 Å². The first-order chi connectivity index (χ1) is 12.6. The van der Waals surface area contributed by atoms with Gasteiger partial charge in [-0.1, -0.05) is 39.5 Å². The van der Waals surface area contributed by atoms with Gasteiger partial charge in [-0.25, -0.2) is 4.68 Å². The van der Waals surface area contributed by atoms with Crippen LogP contribution in [0, 0.1) is 0 Å². The van der Waals surface area contributed by atoms with Gasteiger partial charge in [-0.15, -0.1) is 5.10 Å². The molecule has 0 spiro atoms. The number of hydrogen-bond donors (Lipinski definition) is 0. The van der Waals surface area contributed by atoms with Crippen LogP contribution in [0.3, 0.4) is 0 Å².